The molecule has 0 spiro atoms. The monoisotopic (exact) mass is 311 g/mol. The van der Waals surface area contributed by atoms with Crippen molar-refractivity contribution >= 4 is 28.9 Å². The van der Waals surface area contributed by atoms with E-state index in [0.29, 0.717) is 11.8 Å². The molecule has 1 aromatic rings. The molecule has 3 N–H and O–H groups in total. The van der Waals surface area contributed by atoms with Crippen molar-refractivity contribution in [1.82, 2.24) is 9.97 Å². The SMILES string of the molecule is C[C@H](Nc1nc(Cl)nc(N)c1[N+](=O)[O-])[C@H]1C[C@H]2CC[C@H]1C2. The van der Waals surface area contributed by atoms with E-state index in [4.69, 9.17) is 17.3 Å². The lowest BCUT2D eigenvalue weighted by atomic mass is 9.84. The molecule has 0 aliphatic heterocycles. The first kappa shape index (κ1) is 14.3. The van der Waals surface area contributed by atoms with Crippen molar-refractivity contribution in [3.8, 4) is 0 Å². The standard InChI is InChI=1S/C13H18ClN5O2/c1-6(9-5-7-2-3-8(9)4-7)16-12-10(19(20)21)11(15)17-13(14)18-12/h6-9H,2-5H2,1H3,(H3,15,16,17,18)/t6-,7-,8-,9+/m0/s1. The van der Waals surface area contributed by atoms with E-state index in [1.165, 1.54) is 25.7 Å². The van der Waals surface area contributed by atoms with Crippen LogP contribution in [-0.4, -0.2) is 20.9 Å². The molecule has 2 aliphatic rings. The highest BCUT2D eigenvalue weighted by Gasteiger charge is 2.42. The molecule has 0 unspecified atom stereocenters. The van der Waals surface area contributed by atoms with Gasteiger partial charge in [0.1, 0.15) is 0 Å². The molecule has 21 heavy (non-hydrogen) atoms. The van der Waals surface area contributed by atoms with Gasteiger partial charge in [-0.2, -0.15) is 9.97 Å². The molecule has 7 nitrogen and oxygen atoms in total. The Labute approximate surface area is 127 Å². The van der Waals surface area contributed by atoms with E-state index in [2.05, 4.69) is 15.3 Å². The maximum absolute atomic E-state index is 11.1. The Morgan fingerprint density at radius 2 is 2.19 bits per heavy atom. The Balaban J connectivity index is 1.82. The summed E-state index contributed by atoms with van der Waals surface area (Å²) >= 11 is 5.77. The third-order valence-corrected chi connectivity index (χ3v) is 5.03. The van der Waals surface area contributed by atoms with Gasteiger partial charge < -0.3 is 11.1 Å². The van der Waals surface area contributed by atoms with Crippen LogP contribution < -0.4 is 11.1 Å². The van der Waals surface area contributed by atoms with Crippen LogP contribution in [-0.2, 0) is 0 Å². The average molecular weight is 312 g/mol. The average Bonchev–Trinajstić information content (AvgIpc) is 2.99. The highest BCUT2D eigenvalue weighted by Crippen LogP contribution is 2.50. The third-order valence-electron chi connectivity index (χ3n) is 4.87. The first-order chi connectivity index (χ1) is 9.95. The Morgan fingerprint density at radius 3 is 2.76 bits per heavy atom. The summed E-state index contributed by atoms with van der Waals surface area (Å²) in [7, 11) is 0. The predicted octanol–water partition coefficient (Wildman–Crippen LogP) is 2.86. The first-order valence-corrected chi connectivity index (χ1v) is 7.57. The van der Waals surface area contributed by atoms with Gasteiger partial charge in [-0.15, -0.1) is 0 Å². The zero-order chi connectivity index (χ0) is 15.1. The molecule has 0 radical (unpaired) electrons. The normalized spacial score (nSPS) is 28.6. The molecule has 0 saturated heterocycles. The number of aromatic nitrogens is 2. The minimum atomic E-state index is -0.568. The summed E-state index contributed by atoms with van der Waals surface area (Å²) in [5.41, 5.74) is 5.30. The van der Waals surface area contributed by atoms with E-state index in [1.807, 2.05) is 6.92 Å². The van der Waals surface area contributed by atoms with Crippen LogP contribution in [0.2, 0.25) is 5.28 Å². The van der Waals surface area contributed by atoms with Crippen molar-refractivity contribution < 1.29 is 4.92 Å². The van der Waals surface area contributed by atoms with Crippen molar-refractivity contribution in [2.24, 2.45) is 17.8 Å². The lowest BCUT2D eigenvalue weighted by molar-refractivity contribution is -0.383. The number of hydrogen-bond acceptors (Lipinski definition) is 6. The Kier molecular flexibility index (Phi) is 3.61. The summed E-state index contributed by atoms with van der Waals surface area (Å²) in [6.07, 6.45) is 5.04. The van der Waals surface area contributed by atoms with Crippen molar-refractivity contribution in [3.63, 3.8) is 0 Å². The van der Waals surface area contributed by atoms with E-state index in [9.17, 15) is 10.1 Å². The molecule has 1 aromatic heterocycles. The van der Waals surface area contributed by atoms with Crippen LogP contribution in [0.1, 0.15) is 32.6 Å². The molecular weight excluding hydrogens is 294 g/mol. The van der Waals surface area contributed by atoms with Crippen molar-refractivity contribution in [2.45, 2.75) is 38.6 Å². The molecule has 2 aliphatic carbocycles. The summed E-state index contributed by atoms with van der Waals surface area (Å²) in [6, 6.07) is 0.101. The lowest BCUT2D eigenvalue weighted by Crippen LogP contribution is -2.30. The number of nitrogens with zero attached hydrogens (tertiary/aromatic N) is 3. The molecule has 1 heterocycles. The molecule has 4 atom stereocenters. The van der Waals surface area contributed by atoms with E-state index in [0.717, 1.165) is 5.92 Å². The highest BCUT2D eigenvalue weighted by molar-refractivity contribution is 6.28. The van der Waals surface area contributed by atoms with Gasteiger partial charge in [0.25, 0.3) is 0 Å². The van der Waals surface area contributed by atoms with Gasteiger partial charge in [0.05, 0.1) is 4.92 Å². The maximum atomic E-state index is 11.1. The summed E-state index contributed by atoms with van der Waals surface area (Å²) < 4.78 is 0. The van der Waals surface area contributed by atoms with Gasteiger partial charge in [0, 0.05) is 6.04 Å². The Morgan fingerprint density at radius 1 is 1.43 bits per heavy atom. The first-order valence-electron chi connectivity index (χ1n) is 7.19. The highest BCUT2D eigenvalue weighted by atomic mass is 35.5. The number of nitro groups is 1. The van der Waals surface area contributed by atoms with Crippen LogP contribution in [0.4, 0.5) is 17.3 Å². The zero-order valence-electron chi connectivity index (χ0n) is 11.8. The van der Waals surface area contributed by atoms with Crippen LogP contribution in [0.25, 0.3) is 0 Å². The second kappa shape index (κ2) is 5.29. The second-order valence-electron chi connectivity index (χ2n) is 6.10. The number of hydrogen-bond donors (Lipinski definition) is 2. The van der Waals surface area contributed by atoms with Gasteiger partial charge in [-0.25, -0.2) is 0 Å². The number of fused-ring (bicyclic) bond motifs is 2. The molecule has 2 bridgehead atoms. The molecule has 8 heteroatoms. The van der Waals surface area contributed by atoms with Gasteiger partial charge in [-0.3, -0.25) is 10.1 Å². The number of anilines is 2. The molecule has 3 rings (SSSR count). The predicted molar refractivity (Wildman–Crippen MR) is 80.1 cm³/mol. The van der Waals surface area contributed by atoms with Crippen LogP contribution >= 0.6 is 11.6 Å². The third kappa shape index (κ3) is 2.62. The Hall–Kier alpha value is -1.63. The van der Waals surface area contributed by atoms with E-state index >= 15 is 0 Å². The number of halogens is 1. The van der Waals surface area contributed by atoms with Crippen LogP contribution in [0.3, 0.4) is 0 Å². The molecule has 0 amide bonds. The van der Waals surface area contributed by atoms with Crippen LogP contribution in [0, 0.1) is 27.9 Å². The maximum Gasteiger partial charge on any atom is 0.353 e. The fourth-order valence-electron chi connectivity index (χ4n) is 3.95. The summed E-state index contributed by atoms with van der Waals surface area (Å²) in [5, 5.41) is 14.2. The van der Waals surface area contributed by atoms with Crippen molar-refractivity contribution in [1.29, 1.82) is 0 Å². The number of nitrogens with two attached hydrogens (primary N) is 1. The smallest absolute Gasteiger partial charge is 0.353 e. The number of nitrogen functional groups attached to an aromatic ring is 1. The van der Waals surface area contributed by atoms with Crippen LogP contribution in [0.15, 0.2) is 0 Å². The second-order valence-corrected chi connectivity index (χ2v) is 6.44. The van der Waals surface area contributed by atoms with Gasteiger partial charge in [-0.05, 0) is 55.5 Å². The van der Waals surface area contributed by atoms with E-state index in [1.54, 1.807) is 0 Å². The minimum absolute atomic E-state index is 0.0826. The molecule has 0 aromatic carbocycles. The number of nitrogens with one attached hydrogen (secondary N) is 1. The van der Waals surface area contributed by atoms with Gasteiger partial charge >= 0.3 is 5.69 Å². The van der Waals surface area contributed by atoms with Crippen molar-refractivity contribution in [3.05, 3.63) is 15.4 Å². The van der Waals surface area contributed by atoms with E-state index in [-0.39, 0.29) is 28.6 Å². The summed E-state index contributed by atoms with van der Waals surface area (Å²) in [4.78, 5) is 18.2. The molecular formula is C13H18ClN5O2. The lowest BCUT2D eigenvalue weighted by Gasteiger charge is -2.28. The quantitative estimate of drug-likeness (QED) is 0.503. The van der Waals surface area contributed by atoms with Crippen LogP contribution in [0.5, 0.6) is 0 Å². The largest absolute Gasteiger partial charge is 0.378 e. The van der Waals surface area contributed by atoms with E-state index < -0.39 is 4.92 Å². The van der Waals surface area contributed by atoms with Gasteiger partial charge in [-0.1, -0.05) is 6.42 Å². The Bertz CT molecular complexity index is 582. The topological polar surface area (TPSA) is 107 Å². The molecule has 114 valence electrons. The fraction of sp³-hybridized carbons (Fsp3) is 0.692. The summed E-state index contributed by atoms with van der Waals surface area (Å²) in [5.74, 6) is 1.97. The van der Waals surface area contributed by atoms with Gasteiger partial charge in [0.15, 0.2) is 0 Å². The zero-order valence-corrected chi connectivity index (χ0v) is 12.5. The summed E-state index contributed by atoms with van der Waals surface area (Å²) in [6.45, 7) is 2.04. The molecule has 2 fully saturated rings. The minimum Gasteiger partial charge on any atom is -0.378 e. The fourth-order valence-corrected chi connectivity index (χ4v) is 4.13. The van der Waals surface area contributed by atoms with Crippen molar-refractivity contribution in [2.75, 3.05) is 11.1 Å². The molecule has 2 saturated carbocycles. The number of rotatable bonds is 4. The van der Waals surface area contributed by atoms with Gasteiger partial charge in [0.2, 0.25) is 16.9 Å².